The van der Waals surface area contributed by atoms with Crippen LogP contribution < -0.4 is 11.5 Å². The number of nitrogens with zero attached hydrogens (tertiary/aromatic N) is 2. The number of carbonyl (C=O) groups excluding carboxylic acids is 1. The summed E-state index contributed by atoms with van der Waals surface area (Å²) in [6, 6.07) is 0. The number of carbonyl (C=O) groups is 1. The van der Waals surface area contributed by atoms with Crippen LogP contribution in [0.2, 0.25) is 0 Å². The second kappa shape index (κ2) is 4.74. The topological polar surface area (TPSA) is 135 Å². The van der Waals surface area contributed by atoms with E-state index in [-0.39, 0.29) is 0 Å². The van der Waals surface area contributed by atoms with Crippen LogP contribution in [0.4, 0.5) is 19.1 Å². The number of amides is 1. The van der Waals surface area contributed by atoms with Gasteiger partial charge in [0.25, 0.3) is 0 Å². The monoisotopic (exact) mass is 266 g/mol. The fourth-order valence-corrected chi connectivity index (χ4v) is 1.17. The van der Waals surface area contributed by atoms with Crippen LogP contribution in [0.15, 0.2) is 6.20 Å². The lowest BCUT2D eigenvalue weighted by Crippen LogP contribution is -2.35. The number of nitrogen functional groups attached to an aromatic ring is 1. The zero-order chi connectivity index (χ0) is 14.1. The molecule has 0 spiro atoms. The van der Waals surface area contributed by atoms with Crippen LogP contribution in [0.1, 0.15) is 17.4 Å². The minimum absolute atomic E-state index is 0.571. The van der Waals surface area contributed by atoms with Gasteiger partial charge >= 0.3 is 6.18 Å². The molecule has 100 valence electrons. The van der Waals surface area contributed by atoms with Crippen molar-refractivity contribution >= 4 is 11.9 Å². The highest BCUT2D eigenvalue weighted by atomic mass is 19.4. The summed E-state index contributed by atoms with van der Waals surface area (Å²) in [5, 5.41) is 18.6. The van der Waals surface area contributed by atoms with Crippen molar-refractivity contribution in [3.05, 3.63) is 17.5 Å². The minimum atomic E-state index is -4.93. The van der Waals surface area contributed by atoms with E-state index in [1.54, 1.807) is 0 Å². The summed E-state index contributed by atoms with van der Waals surface area (Å²) < 4.78 is 37.8. The maximum atomic E-state index is 12.6. The number of hydrogen-bond acceptors (Lipinski definition) is 6. The van der Waals surface area contributed by atoms with E-state index in [1.807, 2.05) is 0 Å². The van der Waals surface area contributed by atoms with Crippen LogP contribution in [-0.4, -0.2) is 32.2 Å². The van der Waals surface area contributed by atoms with Crippen molar-refractivity contribution < 1.29 is 28.2 Å². The van der Waals surface area contributed by atoms with Gasteiger partial charge in [-0.1, -0.05) is 0 Å². The van der Waals surface area contributed by atoms with E-state index >= 15 is 0 Å². The van der Waals surface area contributed by atoms with Crippen molar-refractivity contribution in [1.29, 1.82) is 0 Å². The molecule has 0 aromatic carbocycles. The predicted octanol–water partition coefficient (Wildman–Crippen LogP) is -1.04. The van der Waals surface area contributed by atoms with Gasteiger partial charge in [-0.2, -0.15) is 13.2 Å². The highest BCUT2D eigenvalue weighted by molar-refractivity contribution is 5.79. The molecule has 1 heterocycles. The Bertz CT molecular complexity index is 465. The Balaban J connectivity index is 3.28. The fraction of sp³-hybridized carbons (Fsp3) is 0.375. The summed E-state index contributed by atoms with van der Waals surface area (Å²) in [5.74, 6) is -2.04. The third-order valence-corrected chi connectivity index (χ3v) is 2.01. The number of halogens is 3. The summed E-state index contributed by atoms with van der Waals surface area (Å²) in [6.45, 7) is 0. The van der Waals surface area contributed by atoms with Gasteiger partial charge in [0.15, 0.2) is 11.8 Å². The molecule has 1 aromatic rings. The number of anilines is 1. The van der Waals surface area contributed by atoms with Crippen LogP contribution in [-0.2, 0) is 11.0 Å². The Kier molecular flexibility index (Phi) is 3.72. The lowest BCUT2D eigenvalue weighted by atomic mass is 10.0. The molecule has 0 saturated heterocycles. The maximum absolute atomic E-state index is 12.6. The highest BCUT2D eigenvalue weighted by Crippen LogP contribution is 2.33. The molecule has 6 N–H and O–H groups in total. The first-order chi connectivity index (χ1) is 8.14. The minimum Gasteiger partial charge on any atom is -0.385 e. The van der Waals surface area contributed by atoms with Crippen LogP contribution in [0.3, 0.4) is 0 Å². The average Bonchev–Trinajstić information content (AvgIpc) is 2.25. The third-order valence-electron chi connectivity index (χ3n) is 2.01. The third kappa shape index (κ3) is 2.84. The first-order valence-electron chi connectivity index (χ1n) is 4.49. The molecular weight excluding hydrogens is 257 g/mol. The SMILES string of the molecule is NC(=O)C(O)C(O)c1cnc(N)nc1C(F)(F)F. The molecule has 10 heteroatoms. The van der Waals surface area contributed by atoms with Gasteiger partial charge in [-0.25, -0.2) is 9.97 Å². The van der Waals surface area contributed by atoms with E-state index in [9.17, 15) is 23.1 Å². The van der Waals surface area contributed by atoms with Crippen molar-refractivity contribution in [3.8, 4) is 0 Å². The largest absolute Gasteiger partial charge is 0.433 e. The molecule has 1 rings (SSSR count). The van der Waals surface area contributed by atoms with Gasteiger partial charge in [0.1, 0.15) is 6.10 Å². The maximum Gasteiger partial charge on any atom is 0.433 e. The van der Waals surface area contributed by atoms with Crippen LogP contribution in [0.5, 0.6) is 0 Å². The second-order valence-corrected chi connectivity index (χ2v) is 3.32. The van der Waals surface area contributed by atoms with Crippen LogP contribution >= 0.6 is 0 Å². The van der Waals surface area contributed by atoms with Gasteiger partial charge in [0, 0.05) is 11.8 Å². The summed E-state index contributed by atoms with van der Waals surface area (Å²) in [4.78, 5) is 16.8. The lowest BCUT2D eigenvalue weighted by molar-refractivity contribution is -0.145. The van der Waals surface area contributed by atoms with E-state index in [1.165, 1.54) is 0 Å². The molecule has 0 aliphatic heterocycles. The molecule has 7 nitrogen and oxygen atoms in total. The summed E-state index contributed by atoms with van der Waals surface area (Å²) >= 11 is 0. The molecule has 18 heavy (non-hydrogen) atoms. The molecule has 0 aliphatic carbocycles. The molecule has 1 amide bonds. The van der Waals surface area contributed by atoms with Crippen LogP contribution in [0, 0.1) is 0 Å². The zero-order valence-electron chi connectivity index (χ0n) is 8.72. The zero-order valence-corrected chi connectivity index (χ0v) is 8.72. The molecule has 0 aliphatic rings. The van der Waals surface area contributed by atoms with Gasteiger partial charge in [-0.3, -0.25) is 4.79 Å². The summed E-state index contributed by atoms with van der Waals surface area (Å²) in [7, 11) is 0. The van der Waals surface area contributed by atoms with Gasteiger partial charge in [-0.05, 0) is 0 Å². The van der Waals surface area contributed by atoms with Crippen molar-refractivity contribution in [2.75, 3.05) is 5.73 Å². The number of primary amides is 1. The van der Waals surface area contributed by atoms with E-state index in [0.717, 1.165) is 0 Å². The highest BCUT2D eigenvalue weighted by Gasteiger charge is 2.39. The number of aliphatic hydroxyl groups excluding tert-OH is 2. The number of aliphatic hydroxyl groups is 2. The Morgan fingerprint density at radius 2 is 1.94 bits per heavy atom. The van der Waals surface area contributed by atoms with E-state index in [4.69, 9.17) is 10.8 Å². The Hall–Kier alpha value is -1.94. The van der Waals surface area contributed by atoms with E-state index in [2.05, 4.69) is 15.7 Å². The Morgan fingerprint density at radius 1 is 1.39 bits per heavy atom. The van der Waals surface area contributed by atoms with E-state index in [0.29, 0.717) is 6.20 Å². The molecule has 0 radical (unpaired) electrons. The molecule has 2 unspecified atom stereocenters. The van der Waals surface area contributed by atoms with Crippen molar-refractivity contribution in [3.63, 3.8) is 0 Å². The second-order valence-electron chi connectivity index (χ2n) is 3.32. The van der Waals surface area contributed by atoms with Crippen molar-refractivity contribution in [2.45, 2.75) is 18.4 Å². The first kappa shape index (κ1) is 14.1. The normalized spacial score (nSPS) is 15.2. The number of alkyl halides is 3. The Labute approximate surface area is 98.3 Å². The summed E-state index contributed by atoms with van der Waals surface area (Å²) in [5.41, 5.74) is 7.24. The molecule has 0 saturated carbocycles. The first-order valence-corrected chi connectivity index (χ1v) is 4.49. The molecule has 0 bridgehead atoms. The van der Waals surface area contributed by atoms with Gasteiger partial charge in [0.05, 0.1) is 0 Å². The average molecular weight is 266 g/mol. The van der Waals surface area contributed by atoms with Gasteiger partial charge < -0.3 is 21.7 Å². The van der Waals surface area contributed by atoms with Gasteiger partial charge in [0.2, 0.25) is 11.9 Å². The predicted molar refractivity (Wildman–Crippen MR) is 51.6 cm³/mol. The number of aromatic nitrogens is 2. The van der Waals surface area contributed by atoms with Crippen molar-refractivity contribution in [2.24, 2.45) is 5.73 Å². The van der Waals surface area contributed by atoms with Crippen LogP contribution in [0.25, 0.3) is 0 Å². The molecule has 0 fully saturated rings. The standard InChI is InChI=1S/C8H9F3N4O3/c9-8(10,11)5-2(1-14-7(13)15-5)3(16)4(17)6(12)18/h1,3-4,16-17H,(H2,12,18)(H2,13,14,15). The number of hydrogen-bond donors (Lipinski definition) is 4. The lowest BCUT2D eigenvalue weighted by Gasteiger charge is -2.18. The fourth-order valence-electron chi connectivity index (χ4n) is 1.17. The number of rotatable bonds is 3. The number of nitrogens with two attached hydrogens (primary N) is 2. The van der Waals surface area contributed by atoms with Crippen molar-refractivity contribution in [1.82, 2.24) is 9.97 Å². The smallest absolute Gasteiger partial charge is 0.385 e. The molecule has 1 aromatic heterocycles. The van der Waals surface area contributed by atoms with E-state index < -0.39 is 41.5 Å². The quantitative estimate of drug-likeness (QED) is 0.551. The van der Waals surface area contributed by atoms with Gasteiger partial charge in [-0.15, -0.1) is 0 Å². The molecule has 2 atom stereocenters. The summed E-state index contributed by atoms with van der Waals surface area (Å²) in [6.07, 6.45) is -8.76. The Morgan fingerprint density at radius 3 is 2.39 bits per heavy atom. The molecular formula is C8H9F3N4O3.